The summed E-state index contributed by atoms with van der Waals surface area (Å²) in [5.41, 5.74) is 0. The van der Waals surface area contributed by atoms with E-state index < -0.39 is 0 Å². The Balaban J connectivity index is 1.82. The maximum absolute atomic E-state index is 9.60. The molecule has 1 aromatic rings. The second-order valence-corrected chi connectivity index (χ2v) is 6.24. The lowest BCUT2D eigenvalue weighted by Crippen LogP contribution is -2.34. The Kier molecular flexibility index (Phi) is 3.60. The molecule has 0 bridgehead atoms. The molecule has 0 aromatic carbocycles. The van der Waals surface area contributed by atoms with E-state index in [0.717, 1.165) is 25.8 Å². The van der Waals surface area contributed by atoms with Crippen molar-refractivity contribution in [3.63, 3.8) is 0 Å². The molecule has 1 aliphatic carbocycles. The molecule has 0 radical (unpaired) electrons. The normalized spacial score (nSPS) is 27.0. The van der Waals surface area contributed by atoms with Crippen LogP contribution in [0.15, 0.2) is 15.9 Å². The topological polar surface area (TPSA) is 32.3 Å². The van der Waals surface area contributed by atoms with E-state index in [1.807, 2.05) is 0 Å². The molecule has 4 heteroatoms. The molecule has 1 fully saturated rings. The molecule has 0 spiro atoms. The minimum Gasteiger partial charge on any atom is -0.392 e. The van der Waals surface area contributed by atoms with E-state index in [2.05, 4.69) is 33.4 Å². The third-order valence-corrected chi connectivity index (χ3v) is 4.27. The van der Waals surface area contributed by atoms with E-state index in [9.17, 15) is 5.11 Å². The van der Waals surface area contributed by atoms with Crippen molar-refractivity contribution >= 4 is 27.3 Å². The molecular weight excluding hydrogens is 262 g/mol. The average Bonchev–Trinajstić information content (AvgIpc) is 2.72. The molecule has 14 heavy (non-hydrogen) atoms. The van der Waals surface area contributed by atoms with E-state index in [1.54, 1.807) is 11.3 Å². The maximum Gasteiger partial charge on any atom is 0.0701 e. The summed E-state index contributed by atoms with van der Waals surface area (Å²) >= 11 is 5.18. The minimum atomic E-state index is -0.140. The number of nitrogens with one attached hydrogen (secondary N) is 1. The molecule has 1 heterocycles. The molecule has 2 N–H and O–H groups in total. The first-order chi connectivity index (χ1) is 6.75. The van der Waals surface area contributed by atoms with Crippen LogP contribution in [-0.4, -0.2) is 17.3 Å². The summed E-state index contributed by atoms with van der Waals surface area (Å²) in [6.45, 7) is 0.873. The van der Waals surface area contributed by atoms with E-state index >= 15 is 0 Å². The van der Waals surface area contributed by atoms with Crippen LogP contribution in [0, 0.1) is 0 Å². The van der Waals surface area contributed by atoms with Crippen molar-refractivity contribution < 1.29 is 5.11 Å². The van der Waals surface area contributed by atoms with Gasteiger partial charge in [-0.15, -0.1) is 11.3 Å². The molecular formula is C10H14BrNOS. The Morgan fingerprint density at radius 1 is 1.50 bits per heavy atom. The molecule has 78 valence electrons. The molecule has 0 amide bonds. The predicted molar refractivity (Wildman–Crippen MR) is 62.5 cm³/mol. The highest BCUT2D eigenvalue weighted by atomic mass is 79.9. The van der Waals surface area contributed by atoms with Gasteiger partial charge in [-0.2, -0.15) is 0 Å². The summed E-state index contributed by atoms with van der Waals surface area (Å²) < 4.78 is 1.17. The minimum absolute atomic E-state index is 0.140. The fourth-order valence-electron chi connectivity index (χ4n) is 1.86. The van der Waals surface area contributed by atoms with Gasteiger partial charge in [0.15, 0.2) is 0 Å². The molecule has 2 nitrogen and oxygen atoms in total. The van der Waals surface area contributed by atoms with Crippen LogP contribution in [-0.2, 0) is 6.54 Å². The van der Waals surface area contributed by atoms with Gasteiger partial charge in [0.25, 0.3) is 0 Å². The molecule has 2 atom stereocenters. The smallest absolute Gasteiger partial charge is 0.0701 e. The molecule has 0 unspecified atom stereocenters. The third-order valence-electron chi connectivity index (χ3n) is 2.65. The fraction of sp³-hybridized carbons (Fsp3) is 0.600. The van der Waals surface area contributed by atoms with Gasteiger partial charge in [0.05, 0.1) is 9.89 Å². The lowest BCUT2D eigenvalue weighted by molar-refractivity contribution is 0.149. The number of rotatable bonds is 3. The van der Waals surface area contributed by atoms with Crippen molar-refractivity contribution in [1.82, 2.24) is 5.32 Å². The molecule has 0 saturated heterocycles. The summed E-state index contributed by atoms with van der Waals surface area (Å²) in [6, 6.07) is 4.48. The number of hydrogen-bond acceptors (Lipinski definition) is 3. The second kappa shape index (κ2) is 4.75. The van der Waals surface area contributed by atoms with Gasteiger partial charge in [0, 0.05) is 17.5 Å². The van der Waals surface area contributed by atoms with Crippen LogP contribution in [0.5, 0.6) is 0 Å². The summed E-state index contributed by atoms with van der Waals surface area (Å²) in [5, 5.41) is 13.0. The zero-order valence-corrected chi connectivity index (χ0v) is 10.3. The quantitative estimate of drug-likeness (QED) is 0.889. The maximum atomic E-state index is 9.60. The highest BCUT2D eigenvalue weighted by Gasteiger charge is 2.24. The number of halogens is 1. The van der Waals surface area contributed by atoms with Crippen LogP contribution in [0.2, 0.25) is 0 Å². The summed E-state index contributed by atoms with van der Waals surface area (Å²) in [6.07, 6.45) is 3.06. The summed E-state index contributed by atoms with van der Waals surface area (Å²) in [4.78, 5) is 1.32. The van der Waals surface area contributed by atoms with Gasteiger partial charge >= 0.3 is 0 Å². The number of thiophene rings is 1. The lowest BCUT2D eigenvalue weighted by atomic mass is 10.2. The van der Waals surface area contributed by atoms with Crippen molar-refractivity contribution in [2.24, 2.45) is 0 Å². The van der Waals surface area contributed by atoms with Crippen molar-refractivity contribution in [3.8, 4) is 0 Å². The molecule has 0 aliphatic heterocycles. The fourth-order valence-corrected chi connectivity index (χ4v) is 3.29. The highest BCUT2D eigenvalue weighted by molar-refractivity contribution is 9.11. The van der Waals surface area contributed by atoms with Gasteiger partial charge in [0.2, 0.25) is 0 Å². The van der Waals surface area contributed by atoms with Crippen molar-refractivity contribution in [2.75, 3.05) is 0 Å². The standard InChI is InChI=1S/C10H14BrNOS/c11-10-5-4-7(14-10)6-12-8-2-1-3-9(8)13/h4-5,8-9,12-13H,1-3,6H2/t8-,9-/m1/s1. The van der Waals surface area contributed by atoms with Crippen LogP contribution in [0.1, 0.15) is 24.1 Å². The zero-order valence-electron chi connectivity index (χ0n) is 7.87. The van der Waals surface area contributed by atoms with Crippen molar-refractivity contribution in [3.05, 3.63) is 20.8 Å². The Bertz CT molecular complexity index is 302. The van der Waals surface area contributed by atoms with Crippen LogP contribution >= 0.6 is 27.3 Å². The largest absolute Gasteiger partial charge is 0.392 e. The van der Waals surface area contributed by atoms with Gasteiger partial charge in [-0.05, 0) is 47.3 Å². The number of aliphatic hydroxyl groups excluding tert-OH is 1. The zero-order chi connectivity index (χ0) is 9.97. The van der Waals surface area contributed by atoms with Gasteiger partial charge in [-0.1, -0.05) is 0 Å². The van der Waals surface area contributed by atoms with Gasteiger partial charge in [0.1, 0.15) is 0 Å². The van der Waals surface area contributed by atoms with E-state index in [4.69, 9.17) is 0 Å². The first-order valence-electron chi connectivity index (χ1n) is 4.91. The second-order valence-electron chi connectivity index (χ2n) is 3.69. The van der Waals surface area contributed by atoms with E-state index in [1.165, 1.54) is 8.66 Å². The molecule has 1 aliphatic rings. The number of hydrogen-bond donors (Lipinski definition) is 2. The SMILES string of the molecule is O[C@@H]1CCC[C@H]1NCc1ccc(Br)s1. The molecule has 2 rings (SSSR count). The van der Waals surface area contributed by atoms with Gasteiger partial charge in [-0.25, -0.2) is 0 Å². The first kappa shape index (κ1) is 10.6. The van der Waals surface area contributed by atoms with Crippen LogP contribution in [0.4, 0.5) is 0 Å². The Labute approximate surface area is 96.5 Å². The van der Waals surface area contributed by atoms with E-state index in [0.29, 0.717) is 6.04 Å². The Morgan fingerprint density at radius 3 is 2.93 bits per heavy atom. The number of aliphatic hydroxyl groups is 1. The van der Waals surface area contributed by atoms with E-state index in [-0.39, 0.29) is 6.10 Å². The van der Waals surface area contributed by atoms with Crippen molar-refractivity contribution in [2.45, 2.75) is 38.0 Å². The summed E-state index contributed by atoms with van der Waals surface area (Å²) in [5.74, 6) is 0. The highest BCUT2D eigenvalue weighted by Crippen LogP contribution is 2.23. The Hall–Kier alpha value is 0.1000. The first-order valence-corrected chi connectivity index (χ1v) is 6.52. The molecule has 1 saturated carbocycles. The predicted octanol–water partition coefficient (Wildman–Crippen LogP) is 2.51. The summed E-state index contributed by atoms with van der Waals surface area (Å²) in [7, 11) is 0. The van der Waals surface area contributed by atoms with Crippen LogP contribution < -0.4 is 5.32 Å². The van der Waals surface area contributed by atoms with Crippen LogP contribution in [0.25, 0.3) is 0 Å². The van der Waals surface area contributed by atoms with Crippen LogP contribution in [0.3, 0.4) is 0 Å². The lowest BCUT2D eigenvalue weighted by Gasteiger charge is -2.15. The Morgan fingerprint density at radius 2 is 2.36 bits per heavy atom. The monoisotopic (exact) mass is 275 g/mol. The molecule has 1 aromatic heterocycles. The third kappa shape index (κ3) is 2.57. The van der Waals surface area contributed by atoms with Gasteiger partial charge < -0.3 is 10.4 Å². The average molecular weight is 276 g/mol. The van der Waals surface area contributed by atoms with Crippen molar-refractivity contribution in [1.29, 1.82) is 0 Å². The van der Waals surface area contributed by atoms with Gasteiger partial charge in [-0.3, -0.25) is 0 Å².